The molecule has 1 rings (SSSR count). The first-order chi connectivity index (χ1) is 8.03. The summed E-state index contributed by atoms with van der Waals surface area (Å²) in [5, 5.41) is 3.67. The van der Waals surface area contributed by atoms with Crippen LogP contribution < -0.4 is 5.32 Å². The van der Waals surface area contributed by atoms with Crippen molar-refractivity contribution in [2.75, 3.05) is 19.6 Å². The molecule has 0 aliphatic carbocycles. The fourth-order valence-electron chi connectivity index (χ4n) is 2.57. The van der Waals surface area contributed by atoms with E-state index >= 15 is 0 Å². The molecule has 1 aliphatic heterocycles. The molecular weight excluding hydrogens is 208 g/mol. The van der Waals surface area contributed by atoms with Crippen LogP contribution in [0.15, 0.2) is 0 Å². The molecule has 0 bridgehead atoms. The summed E-state index contributed by atoms with van der Waals surface area (Å²) in [6.45, 7) is 12.9. The molecular formula is C15H32N2. The number of nitrogens with one attached hydrogen (secondary N) is 1. The van der Waals surface area contributed by atoms with Gasteiger partial charge in [0.25, 0.3) is 0 Å². The lowest BCUT2D eigenvalue weighted by Crippen LogP contribution is -2.49. The highest BCUT2D eigenvalue weighted by atomic mass is 15.2. The summed E-state index contributed by atoms with van der Waals surface area (Å²) in [5.41, 5.74) is 0.256. The Morgan fingerprint density at radius 2 is 1.94 bits per heavy atom. The van der Waals surface area contributed by atoms with Crippen LogP contribution in [0.4, 0.5) is 0 Å². The van der Waals surface area contributed by atoms with E-state index in [4.69, 9.17) is 0 Å². The van der Waals surface area contributed by atoms with E-state index in [1.165, 1.54) is 51.6 Å². The Kier molecular flexibility index (Phi) is 6.50. The molecule has 0 aromatic heterocycles. The van der Waals surface area contributed by atoms with E-state index in [1.807, 2.05) is 0 Å². The third-order valence-electron chi connectivity index (χ3n) is 3.67. The number of likely N-dealkylation sites (tertiary alicyclic amines) is 1. The minimum atomic E-state index is 0.256. The van der Waals surface area contributed by atoms with Gasteiger partial charge in [0.05, 0.1) is 0 Å². The number of rotatable bonds is 6. The normalized spacial score (nSPS) is 22.9. The van der Waals surface area contributed by atoms with Gasteiger partial charge in [0.15, 0.2) is 0 Å². The minimum absolute atomic E-state index is 0.256. The molecule has 1 atom stereocenters. The zero-order valence-electron chi connectivity index (χ0n) is 12.4. The molecule has 1 saturated heterocycles. The highest BCUT2D eigenvalue weighted by molar-refractivity contribution is 4.82. The maximum Gasteiger partial charge on any atom is 0.0220 e. The predicted molar refractivity (Wildman–Crippen MR) is 76.5 cm³/mol. The standard InChI is InChI=1S/C15H32N2/c1-5-6-8-11-17-12-9-7-10-14(17)13-16-15(2,3)4/h14,16H,5-13H2,1-4H3. The molecule has 2 nitrogen and oxygen atoms in total. The maximum absolute atomic E-state index is 3.67. The molecule has 17 heavy (non-hydrogen) atoms. The van der Waals surface area contributed by atoms with Gasteiger partial charge in [0.2, 0.25) is 0 Å². The summed E-state index contributed by atoms with van der Waals surface area (Å²) in [6.07, 6.45) is 8.30. The fourth-order valence-corrected chi connectivity index (χ4v) is 2.57. The molecule has 1 fully saturated rings. The summed E-state index contributed by atoms with van der Waals surface area (Å²) >= 11 is 0. The second kappa shape index (κ2) is 7.38. The third-order valence-corrected chi connectivity index (χ3v) is 3.67. The Morgan fingerprint density at radius 3 is 2.59 bits per heavy atom. The Morgan fingerprint density at radius 1 is 1.18 bits per heavy atom. The number of nitrogens with zero attached hydrogens (tertiary/aromatic N) is 1. The monoisotopic (exact) mass is 240 g/mol. The number of hydrogen-bond donors (Lipinski definition) is 1. The SMILES string of the molecule is CCCCCN1CCCCC1CNC(C)(C)C. The molecule has 0 saturated carbocycles. The smallest absolute Gasteiger partial charge is 0.0220 e. The quantitative estimate of drug-likeness (QED) is 0.716. The van der Waals surface area contributed by atoms with E-state index in [-0.39, 0.29) is 5.54 Å². The Balaban J connectivity index is 2.31. The first-order valence-corrected chi connectivity index (χ1v) is 7.52. The molecule has 0 amide bonds. The van der Waals surface area contributed by atoms with Crippen LogP contribution in [0.5, 0.6) is 0 Å². The van der Waals surface area contributed by atoms with Crippen molar-refractivity contribution in [1.82, 2.24) is 10.2 Å². The molecule has 1 aliphatic rings. The summed E-state index contributed by atoms with van der Waals surface area (Å²) in [7, 11) is 0. The minimum Gasteiger partial charge on any atom is -0.311 e. The first-order valence-electron chi connectivity index (χ1n) is 7.52. The Hall–Kier alpha value is -0.0800. The second-order valence-corrected chi connectivity index (χ2v) is 6.52. The van der Waals surface area contributed by atoms with Gasteiger partial charge in [-0.25, -0.2) is 0 Å². The van der Waals surface area contributed by atoms with Crippen LogP contribution in [0.3, 0.4) is 0 Å². The van der Waals surface area contributed by atoms with Crippen LogP contribution in [-0.2, 0) is 0 Å². The van der Waals surface area contributed by atoms with Gasteiger partial charge in [-0.15, -0.1) is 0 Å². The number of unbranched alkanes of at least 4 members (excludes halogenated alkanes) is 2. The zero-order chi connectivity index (χ0) is 12.7. The van der Waals surface area contributed by atoms with Crippen molar-refractivity contribution in [3.8, 4) is 0 Å². The van der Waals surface area contributed by atoms with Gasteiger partial charge in [-0.05, 0) is 53.1 Å². The summed E-state index contributed by atoms with van der Waals surface area (Å²) in [5.74, 6) is 0. The topological polar surface area (TPSA) is 15.3 Å². The van der Waals surface area contributed by atoms with Crippen molar-refractivity contribution in [1.29, 1.82) is 0 Å². The number of hydrogen-bond acceptors (Lipinski definition) is 2. The van der Waals surface area contributed by atoms with E-state index in [0.717, 1.165) is 12.6 Å². The van der Waals surface area contributed by atoms with E-state index in [2.05, 4.69) is 37.9 Å². The molecule has 0 aromatic rings. The zero-order valence-corrected chi connectivity index (χ0v) is 12.4. The first kappa shape index (κ1) is 15.0. The van der Waals surface area contributed by atoms with Gasteiger partial charge in [-0.2, -0.15) is 0 Å². The molecule has 0 aromatic carbocycles. The lowest BCUT2D eigenvalue weighted by atomic mass is 10.00. The van der Waals surface area contributed by atoms with Gasteiger partial charge in [-0.3, -0.25) is 4.90 Å². The maximum atomic E-state index is 3.67. The largest absolute Gasteiger partial charge is 0.311 e. The summed E-state index contributed by atoms with van der Waals surface area (Å²) in [6, 6.07) is 0.778. The van der Waals surface area contributed by atoms with Crippen molar-refractivity contribution in [2.24, 2.45) is 0 Å². The Labute approximate surface area is 108 Å². The summed E-state index contributed by atoms with van der Waals surface area (Å²) < 4.78 is 0. The van der Waals surface area contributed by atoms with E-state index < -0.39 is 0 Å². The Bertz CT molecular complexity index is 196. The van der Waals surface area contributed by atoms with Gasteiger partial charge in [-0.1, -0.05) is 26.2 Å². The average molecular weight is 240 g/mol. The fraction of sp³-hybridized carbons (Fsp3) is 1.00. The van der Waals surface area contributed by atoms with Crippen molar-refractivity contribution < 1.29 is 0 Å². The highest BCUT2D eigenvalue weighted by Gasteiger charge is 2.23. The van der Waals surface area contributed by atoms with Gasteiger partial charge < -0.3 is 5.32 Å². The van der Waals surface area contributed by atoms with Gasteiger partial charge in [0.1, 0.15) is 0 Å². The molecule has 0 radical (unpaired) electrons. The average Bonchev–Trinajstić information content (AvgIpc) is 2.27. The summed E-state index contributed by atoms with van der Waals surface area (Å²) in [4.78, 5) is 2.72. The highest BCUT2D eigenvalue weighted by Crippen LogP contribution is 2.18. The van der Waals surface area contributed by atoms with Crippen molar-refractivity contribution in [3.63, 3.8) is 0 Å². The lowest BCUT2D eigenvalue weighted by Gasteiger charge is -2.37. The van der Waals surface area contributed by atoms with Crippen LogP contribution in [0.25, 0.3) is 0 Å². The molecule has 102 valence electrons. The lowest BCUT2D eigenvalue weighted by molar-refractivity contribution is 0.136. The number of piperidine rings is 1. The van der Waals surface area contributed by atoms with Crippen molar-refractivity contribution >= 4 is 0 Å². The van der Waals surface area contributed by atoms with Gasteiger partial charge in [0, 0.05) is 18.1 Å². The van der Waals surface area contributed by atoms with Crippen LogP contribution in [0, 0.1) is 0 Å². The molecule has 0 spiro atoms. The van der Waals surface area contributed by atoms with Crippen molar-refractivity contribution in [2.45, 2.75) is 77.8 Å². The van der Waals surface area contributed by atoms with E-state index in [0.29, 0.717) is 0 Å². The van der Waals surface area contributed by atoms with Crippen LogP contribution >= 0.6 is 0 Å². The van der Waals surface area contributed by atoms with Gasteiger partial charge >= 0.3 is 0 Å². The molecule has 1 heterocycles. The molecule has 2 heteroatoms. The second-order valence-electron chi connectivity index (χ2n) is 6.52. The van der Waals surface area contributed by atoms with E-state index in [1.54, 1.807) is 0 Å². The van der Waals surface area contributed by atoms with E-state index in [9.17, 15) is 0 Å². The third kappa shape index (κ3) is 6.42. The molecule has 1 unspecified atom stereocenters. The molecule has 1 N–H and O–H groups in total. The van der Waals surface area contributed by atoms with Crippen LogP contribution in [0.1, 0.15) is 66.2 Å². The van der Waals surface area contributed by atoms with Crippen molar-refractivity contribution in [3.05, 3.63) is 0 Å². The predicted octanol–water partition coefficient (Wildman–Crippen LogP) is 3.42. The van der Waals surface area contributed by atoms with Crippen LogP contribution in [0.2, 0.25) is 0 Å². The van der Waals surface area contributed by atoms with Crippen LogP contribution in [-0.4, -0.2) is 36.1 Å².